The van der Waals surface area contributed by atoms with Crippen molar-refractivity contribution in [3.63, 3.8) is 0 Å². The van der Waals surface area contributed by atoms with Crippen LogP contribution in [0.4, 0.5) is 0 Å². The number of hydrogen-bond donors (Lipinski definition) is 2. The third kappa shape index (κ3) is 27.9. The van der Waals surface area contributed by atoms with Gasteiger partial charge in [0.05, 0.1) is 6.01 Å². The van der Waals surface area contributed by atoms with Crippen molar-refractivity contribution >= 4 is 18.4 Å². The standard InChI is InChI=1S/C3H6N2.ClH.H3N/c1-2-5-3-4;;/h4H,2H2,1H3;1H;1H3. The van der Waals surface area contributed by atoms with Gasteiger partial charge in [0.1, 0.15) is 0 Å². The second-order valence-corrected chi connectivity index (χ2v) is 0.586. The second kappa shape index (κ2) is 17.4. The maximum Gasteiger partial charge on any atom is 0.0861 e. The first kappa shape index (κ1) is 15.9. The van der Waals surface area contributed by atoms with E-state index in [0.29, 0.717) is 6.54 Å². The number of halogens is 1. The summed E-state index contributed by atoms with van der Waals surface area (Å²) in [5, 5.41) is 6.19. The van der Waals surface area contributed by atoms with E-state index in [4.69, 9.17) is 5.41 Å². The van der Waals surface area contributed by atoms with Gasteiger partial charge in [-0.3, -0.25) is 0 Å². The van der Waals surface area contributed by atoms with Crippen molar-refractivity contribution in [2.45, 2.75) is 6.92 Å². The summed E-state index contributed by atoms with van der Waals surface area (Å²) in [5.74, 6) is 0. The summed E-state index contributed by atoms with van der Waals surface area (Å²) < 4.78 is 0. The predicted octanol–water partition coefficient (Wildman–Crippen LogP) is 1.34. The summed E-state index contributed by atoms with van der Waals surface area (Å²) in [5.41, 5.74) is 0. The van der Waals surface area contributed by atoms with Crippen LogP contribution < -0.4 is 6.15 Å². The summed E-state index contributed by atoms with van der Waals surface area (Å²) in [6.07, 6.45) is 0. The predicted molar refractivity (Wildman–Crippen MR) is 33.0 cm³/mol. The van der Waals surface area contributed by atoms with Crippen LogP contribution in [0.1, 0.15) is 6.92 Å². The Morgan fingerprint density at radius 1 is 1.71 bits per heavy atom. The molecule has 0 bridgehead atoms. The Hall–Kier alpha value is -0.370. The number of hydrogen-bond acceptors (Lipinski definition) is 3. The van der Waals surface area contributed by atoms with Gasteiger partial charge in [0, 0.05) is 6.54 Å². The van der Waals surface area contributed by atoms with Crippen LogP contribution in [0, 0.1) is 5.41 Å². The van der Waals surface area contributed by atoms with Crippen LogP contribution in [-0.2, 0) is 0 Å². The lowest BCUT2D eigenvalue weighted by Crippen LogP contribution is -1.58. The van der Waals surface area contributed by atoms with Crippen molar-refractivity contribution in [1.29, 1.82) is 5.41 Å². The molecule has 0 aromatic heterocycles. The minimum absolute atomic E-state index is 0. The van der Waals surface area contributed by atoms with Crippen LogP contribution in [0.3, 0.4) is 0 Å². The largest absolute Gasteiger partial charge is 0.344 e. The molecule has 0 atom stereocenters. The van der Waals surface area contributed by atoms with Crippen molar-refractivity contribution in [3.05, 3.63) is 0 Å². The van der Waals surface area contributed by atoms with E-state index >= 15 is 0 Å². The molecule has 0 aliphatic heterocycles. The Balaban J connectivity index is -0.0000000800. The van der Waals surface area contributed by atoms with Crippen molar-refractivity contribution in [2.24, 2.45) is 4.99 Å². The molecule has 4 N–H and O–H groups in total. The lowest BCUT2D eigenvalue weighted by atomic mass is 10.8. The van der Waals surface area contributed by atoms with Gasteiger partial charge in [-0.2, -0.15) is 0 Å². The minimum atomic E-state index is 0. The van der Waals surface area contributed by atoms with E-state index in [1.807, 2.05) is 12.9 Å². The molecule has 0 amide bonds. The number of nitrogens with zero attached hydrogens (tertiary/aromatic N) is 1. The van der Waals surface area contributed by atoms with Crippen molar-refractivity contribution < 1.29 is 0 Å². The Morgan fingerprint density at radius 3 is 2.14 bits per heavy atom. The van der Waals surface area contributed by atoms with Gasteiger partial charge >= 0.3 is 0 Å². The van der Waals surface area contributed by atoms with E-state index in [-0.39, 0.29) is 18.6 Å². The third-order valence-corrected chi connectivity index (χ3v) is 0.237. The SMILES string of the molecule is CCN=C=N.Cl.N. The van der Waals surface area contributed by atoms with E-state index < -0.39 is 0 Å². The van der Waals surface area contributed by atoms with Crippen LogP contribution in [0.15, 0.2) is 4.99 Å². The zero-order chi connectivity index (χ0) is 4.12. The average molecular weight is 124 g/mol. The summed E-state index contributed by atoms with van der Waals surface area (Å²) in [7, 11) is 0. The zero-order valence-electron chi connectivity index (χ0n) is 4.27. The van der Waals surface area contributed by atoms with Crippen LogP contribution in [0.5, 0.6) is 0 Å². The van der Waals surface area contributed by atoms with E-state index in [1.165, 1.54) is 0 Å². The molecule has 0 aliphatic carbocycles. The van der Waals surface area contributed by atoms with Gasteiger partial charge in [-0.1, -0.05) is 0 Å². The third-order valence-electron chi connectivity index (χ3n) is 0.237. The van der Waals surface area contributed by atoms with Crippen LogP contribution in [-0.4, -0.2) is 12.6 Å². The molecule has 0 rings (SSSR count). The molecule has 0 saturated carbocycles. The first-order valence-electron chi connectivity index (χ1n) is 1.50. The number of nitrogens with one attached hydrogen (secondary N) is 1. The van der Waals surface area contributed by atoms with Crippen molar-refractivity contribution in [1.82, 2.24) is 6.15 Å². The lowest BCUT2D eigenvalue weighted by Gasteiger charge is -1.60. The van der Waals surface area contributed by atoms with Crippen LogP contribution in [0.25, 0.3) is 0 Å². The normalized spacial score (nSPS) is 4.14. The first-order valence-corrected chi connectivity index (χ1v) is 1.50. The summed E-state index contributed by atoms with van der Waals surface area (Å²) in [4.78, 5) is 3.39. The van der Waals surface area contributed by atoms with E-state index in [0.717, 1.165) is 0 Å². The Morgan fingerprint density at radius 2 is 2.14 bits per heavy atom. The molecule has 0 fully saturated rings. The van der Waals surface area contributed by atoms with Crippen molar-refractivity contribution in [2.75, 3.05) is 6.54 Å². The summed E-state index contributed by atoms with van der Waals surface area (Å²) in [6, 6.07) is 1.89. The monoisotopic (exact) mass is 123 g/mol. The molecule has 0 aromatic rings. The molecule has 0 spiro atoms. The highest BCUT2D eigenvalue weighted by atomic mass is 35.5. The zero-order valence-corrected chi connectivity index (χ0v) is 5.09. The van der Waals surface area contributed by atoms with E-state index in [1.54, 1.807) is 0 Å². The van der Waals surface area contributed by atoms with E-state index in [2.05, 4.69) is 4.99 Å². The summed E-state index contributed by atoms with van der Waals surface area (Å²) >= 11 is 0. The molecule has 0 radical (unpaired) electrons. The van der Waals surface area contributed by atoms with Gasteiger partial charge in [0.2, 0.25) is 0 Å². The highest BCUT2D eigenvalue weighted by Gasteiger charge is 1.49. The number of rotatable bonds is 1. The molecule has 4 heteroatoms. The molecule has 0 unspecified atom stereocenters. The van der Waals surface area contributed by atoms with Crippen LogP contribution in [0.2, 0.25) is 0 Å². The molecule has 0 aromatic carbocycles. The molecule has 44 valence electrons. The van der Waals surface area contributed by atoms with Gasteiger partial charge in [-0.15, -0.1) is 12.4 Å². The van der Waals surface area contributed by atoms with Gasteiger partial charge in [0.15, 0.2) is 0 Å². The van der Waals surface area contributed by atoms with Gasteiger partial charge < -0.3 is 6.15 Å². The second-order valence-electron chi connectivity index (χ2n) is 0.586. The fourth-order valence-corrected chi connectivity index (χ4v) is 0.0791. The Kier molecular flexibility index (Phi) is 39.8. The van der Waals surface area contributed by atoms with Gasteiger partial charge in [-0.05, 0) is 6.92 Å². The van der Waals surface area contributed by atoms with Crippen LogP contribution >= 0.6 is 12.4 Å². The highest BCUT2D eigenvalue weighted by Crippen LogP contribution is 1.53. The highest BCUT2D eigenvalue weighted by molar-refractivity contribution is 5.85. The molecular weight excluding hydrogens is 114 g/mol. The average Bonchev–Trinajstić information content (AvgIpc) is 1.41. The maximum atomic E-state index is 6.19. The maximum absolute atomic E-state index is 6.19. The molecule has 7 heavy (non-hydrogen) atoms. The topological polar surface area (TPSA) is 71.2 Å². The fraction of sp³-hybridized carbons (Fsp3) is 0.667. The molecular formula is C3H10ClN3. The van der Waals surface area contributed by atoms with Gasteiger partial charge in [-0.25, -0.2) is 10.4 Å². The minimum Gasteiger partial charge on any atom is -0.344 e. The lowest BCUT2D eigenvalue weighted by molar-refractivity contribution is 1.14. The van der Waals surface area contributed by atoms with Crippen molar-refractivity contribution in [3.8, 4) is 0 Å². The van der Waals surface area contributed by atoms with Gasteiger partial charge in [0.25, 0.3) is 0 Å². The fourth-order valence-electron chi connectivity index (χ4n) is 0.0791. The van der Waals surface area contributed by atoms with E-state index in [9.17, 15) is 0 Å². The molecule has 3 nitrogen and oxygen atoms in total. The molecule has 0 aliphatic rings. The number of aliphatic imine (C=N–C) groups is 1. The Labute approximate surface area is 49.3 Å². The summed E-state index contributed by atoms with van der Waals surface area (Å²) in [6.45, 7) is 2.53. The molecule has 0 heterocycles. The Bertz CT molecular complexity index is 57.2. The molecule has 0 saturated heterocycles. The quantitative estimate of drug-likeness (QED) is 0.508. The first-order chi connectivity index (χ1) is 2.41. The smallest absolute Gasteiger partial charge is 0.0861 e.